The zero-order valence-corrected chi connectivity index (χ0v) is 18.0. The number of rotatable bonds is 4. The summed E-state index contributed by atoms with van der Waals surface area (Å²) in [6.45, 7) is 11.9. The van der Waals surface area contributed by atoms with Crippen LogP contribution in [0, 0.1) is 5.92 Å². The molecule has 0 unspecified atom stereocenters. The number of thiocarbonyl (C=S) groups is 1. The molecule has 0 amide bonds. The van der Waals surface area contributed by atoms with Crippen LogP contribution in [0.5, 0.6) is 5.75 Å². The van der Waals surface area contributed by atoms with Crippen LogP contribution in [0.15, 0.2) is 29.4 Å². The number of nitrogens with zero attached hydrogens (tertiary/aromatic N) is 2. The highest BCUT2D eigenvalue weighted by Crippen LogP contribution is 2.26. The van der Waals surface area contributed by atoms with Crippen LogP contribution in [0.1, 0.15) is 45.1 Å². The molecule has 1 aromatic heterocycles. The molecule has 0 radical (unpaired) electrons. The first kappa shape index (κ1) is 20.1. The maximum absolute atomic E-state index is 6.13. The Morgan fingerprint density at radius 1 is 1.36 bits per heavy atom. The molecular formula is C19H25ClN2OS2. The van der Waals surface area contributed by atoms with E-state index in [1.165, 1.54) is 4.88 Å². The van der Waals surface area contributed by atoms with Gasteiger partial charge < -0.3 is 9.30 Å². The molecule has 0 saturated heterocycles. The summed E-state index contributed by atoms with van der Waals surface area (Å²) in [4.78, 5) is 7.42. The predicted molar refractivity (Wildman–Crippen MR) is 111 cm³/mol. The van der Waals surface area contributed by atoms with E-state index in [0.717, 1.165) is 16.9 Å². The number of hydrogen-bond donors (Lipinski definition) is 0. The van der Waals surface area contributed by atoms with Gasteiger partial charge in [0.05, 0.1) is 12.7 Å². The van der Waals surface area contributed by atoms with E-state index in [1.807, 2.05) is 6.07 Å². The van der Waals surface area contributed by atoms with Gasteiger partial charge >= 0.3 is 0 Å². The molecule has 0 atom stereocenters. The van der Waals surface area contributed by atoms with Gasteiger partial charge in [-0.25, -0.2) is 4.99 Å². The molecule has 1 aromatic carbocycles. The van der Waals surface area contributed by atoms with Gasteiger partial charge in [-0.15, -0.1) is 11.3 Å². The number of hydrogen-bond acceptors (Lipinski definition) is 3. The van der Waals surface area contributed by atoms with Gasteiger partial charge in [0.2, 0.25) is 0 Å². The van der Waals surface area contributed by atoms with E-state index in [4.69, 9.17) is 33.5 Å². The summed E-state index contributed by atoms with van der Waals surface area (Å²) in [7, 11) is 1.62. The fourth-order valence-electron chi connectivity index (χ4n) is 2.33. The maximum Gasteiger partial charge on any atom is 0.191 e. The van der Waals surface area contributed by atoms with Gasteiger partial charge in [-0.3, -0.25) is 0 Å². The van der Waals surface area contributed by atoms with Gasteiger partial charge in [-0.2, -0.15) is 0 Å². The second-order valence-electron chi connectivity index (χ2n) is 7.44. The molecule has 0 saturated carbocycles. The van der Waals surface area contributed by atoms with Crippen molar-refractivity contribution in [3.05, 3.63) is 44.7 Å². The molecule has 0 fully saturated rings. The minimum atomic E-state index is 0.0759. The van der Waals surface area contributed by atoms with Crippen molar-refractivity contribution < 1.29 is 4.74 Å². The van der Waals surface area contributed by atoms with Crippen molar-refractivity contribution >= 4 is 40.1 Å². The van der Waals surface area contributed by atoms with E-state index >= 15 is 0 Å². The first-order valence-corrected chi connectivity index (χ1v) is 9.85. The van der Waals surface area contributed by atoms with E-state index in [2.05, 4.69) is 45.4 Å². The Morgan fingerprint density at radius 2 is 2.04 bits per heavy atom. The largest absolute Gasteiger partial charge is 0.496 e. The highest BCUT2D eigenvalue weighted by molar-refractivity contribution is 7.80. The van der Waals surface area contributed by atoms with Crippen molar-refractivity contribution in [1.82, 2.24) is 4.57 Å². The Labute approximate surface area is 164 Å². The molecule has 25 heavy (non-hydrogen) atoms. The van der Waals surface area contributed by atoms with Crippen molar-refractivity contribution in [2.45, 2.75) is 46.6 Å². The summed E-state index contributed by atoms with van der Waals surface area (Å²) in [5.41, 5.74) is 0.818. The zero-order valence-electron chi connectivity index (χ0n) is 15.6. The standard InChI is InChI=1S/C19H25ClN2OS2/c1-12(2)10-22-11-16(19(3,4)5)25-18(22)21-17(24)14-9-13(20)7-8-15(14)23-6/h7-9,11-12H,10H2,1-6H3. The third-order valence-corrected chi connectivity index (χ3v) is 5.60. The van der Waals surface area contributed by atoms with Crippen molar-refractivity contribution in [3.8, 4) is 5.75 Å². The number of methoxy groups -OCH3 is 1. The predicted octanol–water partition coefficient (Wildman–Crippen LogP) is 5.44. The lowest BCUT2D eigenvalue weighted by molar-refractivity contribution is 0.414. The Hall–Kier alpha value is -1.17. The van der Waals surface area contributed by atoms with Crippen LogP contribution >= 0.6 is 35.2 Å². The third kappa shape index (κ3) is 5.16. The van der Waals surface area contributed by atoms with Crippen molar-refractivity contribution in [1.29, 1.82) is 0 Å². The summed E-state index contributed by atoms with van der Waals surface area (Å²) < 4.78 is 7.60. The van der Waals surface area contributed by atoms with Crippen LogP contribution < -0.4 is 9.54 Å². The average molecular weight is 397 g/mol. The topological polar surface area (TPSA) is 26.5 Å². The summed E-state index contributed by atoms with van der Waals surface area (Å²) in [6.07, 6.45) is 2.20. The number of thiazole rings is 1. The Bertz CT molecular complexity index is 829. The van der Waals surface area contributed by atoms with Crippen LogP contribution in [0.3, 0.4) is 0 Å². The number of ether oxygens (including phenoxy) is 1. The summed E-state index contributed by atoms with van der Waals surface area (Å²) in [5, 5.41) is 0.616. The van der Waals surface area contributed by atoms with E-state index in [1.54, 1.807) is 30.6 Å². The zero-order chi connectivity index (χ0) is 18.8. The summed E-state index contributed by atoms with van der Waals surface area (Å²) in [5.74, 6) is 1.21. The van der Waals surface area contributed by atoms with Crippen LogP contribution in [-0.2, 0) is 12.0 Å². The molecule has 136 valence electrons. The normalized spacial score (nSPS) is 12.7. The number of benzene rings is 1. The molecule has 0 bridgehead atoms. The van der Waals surface area contributed by atoms with Crippen LogP contribution in [-0.4, -0.2) is 16.7 Å². The van der Waals surface area contributed by atoms with Crippen molar-refractivity contribution in [3.63, 3.8) is 0 Å². The Morgan fingerprint density at radius 3 is 2.60 bits per heavy atom. The van der Waals surface area contributed by atoms with E-state index in [9.17, 15) is 0 Å². The highest BCUT2D eigenvalue weighted by atomic mass is 35.5. The molecule has 6 heteroatoms. The highest BCUT2D eigenvalue weighted by Gasteiger charge is 2.18. The first-order chi connectivity index (χ1) is 11.6. The minimum Gasteiger partial charge on any atom is -0.496 e. The molecular weight excluding hydrogens is 372 g/mol. The van der Waals surface area contributed by atoms with E-state index in [-0.39, 0.29) is 5.41 Å². The van der Waals surface area contributed by atoms with Gasteiger partial charge in [-0.05, 0) is 29.5 Å². The molecule has 0 aliphatic rings. The minimum absolute atomic E-state index is 0.0759. The van der Waals surface area contributed by atoms with Gasteiger partial charge in [-0.1, -0.05) is 58.4 Å². The second kappa shape index (κ2) is 8.02. The lowest BCUT2D eigenvalue weighted by Crippen LogP contribution is -2.18. The fourth-order valence-corrected chi connectivity index (χ4v) is 3.87. The van der Waals surface area contributed by atoms with Gasteiger partial charge in [0.25, 0.3) is 0 Å². The summed E-state index contributed by atoms with van der Waals surface area (Å²) >= 11 is 13.4. The van der Waals surface area contributed by atoms with Crippen molar-refractivity contribution in [2.75, 3.05) is 7.11 Å². The molecule has 2 aromatic rings. The van der Waals surface area contributed by atoms with Gasteiger partial charge in [0.15, 0.2) is 4.80 Å². The lowest BCUT2D eigenvalue weighted by atomic mass is 9.95. The van der Waals surface area contributed by atoms with Crippen LogP contribution in [0.4, 0.5) is 0 Å². The lowest BCUT2D eigenvalue weighted by Gasteiger charge is -2.14. The first-order valence-electron chi connectivity index (χ1n) is 8.25. The maximum atomic E-state index is 6.13. The SMILES string of the molecule is COc1ccc(Cl)cc1C(=S)N=c1sc(C(C)(C)C)cn1CC(C)C. The molecule has 0 aliphatic heterocycles. The molecule has 3 nitrogen and oxygen atoms in total. The smallest absolute Gasteiger partial charge is 0.191 e. The Kier molecular flexibility index (Phi) is 6.46. The molecule has 0 N–H and O–H groups in total. The van der Waals surface area contributed by atoms with Crippen LogP contribution in [0.25, 0.3) is 0 Å². The van der Waals surface area contributed by atoms with Crippen molar-refractivity contribution in [2.24, 2.45) is 10.9 Å². The molecule has 1 heterocycles. The van der Waals surface area contributed by atoms with Gasteiger partial charge in [0, 0.05) is 22.6 Å². The number of aromatic nitrogens is 1. The van der Waals surface area contributed by atoms with Crippen LogP contribution in [0.2, 0.25) is 5.02 Å². The Balaban J connectivity index is 2.54. The molecule has 0 aliphatic carbocycles. The quantitative estimate of drug-likeness (QED) is 0.643. The third-order valence-electron chi connectivity index (χ3n) is 3.61. The monoisotopic (exact) mass is 396 g/mol. The van der Waals surface area contributed by atoms with E-state index < -0.39 is 0 Å². The average Bonchev–Trinajstić information content (AvgIpc) is 2.89. The number of halogens is 1. The second-order valence-corrected chi connectivity index (χ2v) is 9.27. The molecule has 0 spiro atoms. The molecule has 2 rings (SSSR count). The summed E-state index contributed by atoms with van der Waals surface area (Å²) in [6, 6.07) is 5.41. The van der Waals surface area contributed by atoms with Gasteiger partial charge in [0.1, 0.15) is 10.7 Å². The van der Waals surface area contributed by atoms with E-state index in [0.29, 0.717) is 21.7 Å². The fraction of sp³-hybridized carbons (Fsp3) is 0.474.